The Kier molecular flexibility index (Phi) is 3.28. The molecule has 1 aliphatic rings. The Bertz CT molecular complexity index is 1060. The van der Waals surface area contributed by atoms with E-state index < -0.39 is 10.0 Å². The predicted molar refractivity (Wildman–Crippen MR) is 91.7 cm³/mol. The fourth-order valence-electron chi connectivity index (χ4n) is 2.94. The summed E-state index contributed by atoms with van der Waals surface area (Å²) in [5, 5.41) is 0. The molecule has 0 bridgehead atoms. The van der Waals surface area contributed by atoms with Crippen LogP contribution < -0.4 is 9.60 Å². The van der Waals surface area contributed by atoms with Gasteiger partial charge in [-0.15, -0.1) is 0 Å². The van der Waals surface area contributed by atoms with Crippen LogP contribution in [0.25, 0.3) is 10.2 Å². The van der Waals surface area contributed by atoms with Gasteiger partial charge in [0.2, 0.25) is 0 Å². The Morgan fingerprint density at radius 3 is 2.74 bits per heavy atom. The van der Waals surface area contributed by atoms with Gasteiger partial charge in [0.1, 0.15) is 0 Å². The molecule has 0 amide bonds. The summed E-state index contributed by atoms with van der Waals surface area (Å²) in [6.45, 7) is 0. The van der Waals surface area contributed by atoms with Gasteiger partial charge in [0.05, 0.1) is 20.8 Å². The van der Waals surface area contributed by atoms with Gasteiger partial charge in [-0.25, -0.2) is 8.42 Å². The van der Waals surface area contributed by atoms with E-state index in [2.05, 4.69) is 9.71 Å². The van der Waals surface area contributed by atoms with Crippen molar-refractivity contribution in [1.82, 2.24) is 4.98 Å². The van der Waals surface area contributed by atoms with E-state index in [-0.39, 0.29) is 9.77 Å². The van der Waals surface area contributed by atoms with Crippen LogP contribution in [0.2, 0.25) is 0 Å². The molecule has 0 fully saturated rings. The number of H-pyrrole nitrogens is 1. The van der Waals surface area contributed by atoms with E-state index in [1.165, 1.54) is 5.56 Å². The Morgan fingerprint density at radius 2 is 1.87 bits per heavy atom. The third-order valence-corrected chi connectivity index (χ3v) is 6.28. The van der Waals surface area contributed by atoms with Crippen molar-refractivity contribution in [2.45, 2.75) is 24.2 Å². The summed E-state index contributed by atoms with van der Waals surface area (Å²) in [7, 11) is -3.63. The highest BCUT2D eigenvalue weighted by molar-refractivity contribution is 7.92. The molecular formula is C16H14N2O3S2. The molecule has 0 unspecified atom stereocenters. The monoisotopic (exact) mass is 346 g/mol. The topological polar surface area (TPSA) is 79.0 Å². The molecule has 0 radical (unpaired) electrons. The predicted octanol–water partition coefficient (Wildman–Crippen LogP) is 2.88. The number of aromatic nitrogens is 1. The number of rotatable bonds is 3. The van der Waals surface area contributed by atoms with E-state index in [9.17, 15) is 13.2 Å². The lowest BCUT2D eigenvalue weighted by Gasteiger charge is -2.09. The van der Waals surface area contributed by atoms with Crippen LogP contribution in [0, 0.1) is 0 Å². The molecule has 0 saturated heterocycles. The van der Waals surface area contributed by atoms with Crippen LogP contribution in [0.3, 0.4) is 0 Å². The van der Waals surface area contributed by atoms with Crippen LogP contribution in [0.5, 0.6) is 0 Å². The normalized spacial score (nSPS) is 14.1. The van der Waals surface area contributed by atoms with Crippen molar-refractivity contribution in [3.63, 3.8) is 0 Å². The van der Waals surface area contributed by atoms with Gasteiger partial charge in [-0.05, 0) is 60.7 Å². The molecule has 7 heteroatoms. The highest BCUT2D eigenvalue weighted by Crippen LogP contribution is 2.26. The number of hydrogen-bond acceptors (Lipinski definition) is 4. The molecule has 1 heterocycles. The average molecular weight is 346 g/mol. The number of aryl methyl sites for hydroxylation is 2. The zero-order valence-electron chi connectivity index (χ0n) is 12.1. The number of aromatic amines is 1. The summed E-state index contributed by atoms with van der Waals surface area (Å²) in [6.07, 6.45) is 3.03. The number of nitrogens with one attached hydrogen (secondary N) is 2. The SMILES string of the molecule is O=c1[nH]c2ccc(NS(=O)(=O)c3ccc4c(c3)CCC4)cc2s1. The molecule has 1 aromatic heterocycles. The number of sulfonamides is 1. The number of fused-ring (bicyclic) bond motifs is 2. The first-order chi connectivity index (χ1) is 11.0. The summed E-state index contributed by atoms with van der Waals surface area (Å²) in [5.74, 6) is 0. The van der Waals surface area contributed by atoms with E-state index >= 15 is 0 Å². The highest BCUT2D eigenvalue weighted by atomic mass is 32.2. The summed E-state index contributed by atoms with van der Waals surface area (Å²) >= 11 is 1.06. The van der Waals surface area contributed by atoms with Gasteiger partial charge in [0.25, 0.3) is 10.0 Å². The fraction of sp³-hybridized carbons (Fsp3) is 0.188. The number of hydrogen-bond donors (Lipinski definition) is 2. The second-order valence-corrected chi connectivity index (χ2v) is 8.31. The molecule has 2 N–H and O–H groups in total. The molecule has 5 nitrogen and oxygen atoms in total. The van der Waals surface area contributed by atoms with Crippen molar-refractivity contribution in [1.29, 1.82) is 0 Å². The summed E-state index contributed by atoms with van der Waals surface area (Å²) in [4.78, 5) is 14.2. The molecule has 118 valence electrons. The third-order valence-electron chi connectivity index (χ3n) is 4.05. The maximum absolute atomic E-state index is 12.6. The molecule has 2 aromatic carbocycles. The van der Waals surface area contributed by atoms with Crippen molar-refractivity contribution in [3.05, 3.63) is 57.2 Å². The van der Waals surface area contributed by atoms with Gasteiger partial charge in [0.15, 0.2) is 0 Å². The molecule has 0 spiro atoms. The maximum atomic E-state index is 12.6. The first-order valence-corrected chi connectivity index (χ1v) is 9.59. The summed E-state index contributed by atoms with van der Waals surface area (Å²) in [5.41, 5.74) is 3.52. The molecule has 23 heavy (non-hydrogen) atoms. The number of benzene rings is 2. The summed E-state index contributed by atoms with van der Waals surface area (Å²) in [6, 6.07) is 10.3. The van der Waals surface area contributed by atoms with Crippen LogP contribution in [-0.2, 0) is 22.9 Å². The van der Waals surface area contributed by atoms with Crippen LogP contribution in [-0.4, -0.2) is 13.4 Å². The second kappa shape index (κ2) is 5.21. The number of anilines is 1. The van der Waals surface area contributed by atoms with E-state index in [1.54, 1.807) is 30.3 Å². The van der Waals surface area contributed by atoms with E-state index in [0.29, 0.717) is 11.2 Å². The van der Waals surface area contributed by atoms with Crippen molar-refractivity contribution in [2.75, 3.05) is 4.72 Å². The minimum absolute atomic E-state index is 0.154. The maximum Gasteiger partial charge on any atom is 0.305 e. The molecular weight excluding hydrogens is 332 g/mol. The molecule has 0 saturated carbocycles. The quantitative estimate of drug-likeness (QED) is 0.765. The fourth-order valence-corrected chi connectivity index (χ4v) is 4.81. The molecule has 4 rings (SSSR count). The van der Waals surface area contributed by atoms with Crippen LogP contribution in [0.15, 0.2) is 46.1 Å². The Balaban J connectivity index is 1.69. The summed E-state index contributed by atoms with van der Waals surface area (Å²) < 4.78 is 28.4. The largest absolute Gasteiger partial charge is 0.312 e. The van der Waals surface area contributed by atoms with Gasteiger partial charge < -0.3 is 4.98 Å². The van der Waals surface area contributed by atoms with Gasteiger partial charge in [0, 0.05) is 0 Å². The smallest absolute Gasteiger partial charge is 0.305 e. The van der Waals surface area contributed by atoms with Crippen molar-refractivity contribution < 1.29 is 8.42 Å². The first-order valence-electron chi connectivity index (χ1n) is 7.29. The average Bonchev–Trinajstić information content (AvgIpc) is 3.10. The highest BCUT2D eigenvalue weighted by Gasteiger charge is 2.18. The van der Waals surface area contributed by atoms with Gasteiger partial charge in [-0.1, -0.05) is 17.4 Å². The molecule has 1 aliphatic carbocycles. The van der Waals surface area contributed by atoms with Gasteiger partial charge in [-0.2, -0.15) is 0 Å². The third kappa shape index (κ3) is 2.66. The Labute approximate surface area is 137 Å². The van der Waals surface area contributed by atoms with Crippen molar-refractivity contribution >= 4 is 37.3 Å². The van der Waals surface area contributed by atoms with Crippen LogP contribution in [0.4, 0.5) is 5.69 Å². The number of thiazole rings is 1. The Morgan fingerprint density at radius 1 is 1.04 bits per heavy atom. The van der Waals surface area contributed by atoms with Crippen LogP contribution >= 0.6 is 11.3 Å². The lowest BCUT2D eigenvalue weighted by Crippen LogP contribution is -2.13. The van der Waals surface area contributed by atoms with E-state index in [4.69, 9.17) is 0 Å². The Hall–Kier alpha value is -2.12. The van der Waals surface area contributed by atoms with Crippen molar-refractivity contribution in [2.24, 2.45) is 0 Å². The van der Waals surface area contributed by atoms with Crippen LogP contribution in [0.1, 0.15) is 17.5 Å². The van der Waals surface area contributed by atoms with Gasteiger partial charge >= 0.3 is 4.87 Å². The standard InChI is InChI=1S/C16H14N2O3S2/c19-16-17-14-7-5-12(9-15(14)22-16)18-23(20,21)13-6-4-10-2-1-3-11(10)8-13/h4-9,18H,1-3H2,(H,17,19). The first kappa shape index (κ1) is 14.5. The second-order valence-electron chi connectivity index (χ2n) is 5.62. The van der Waals surface area contributed by atoms with E-state index in [0.717, 1.165) is 40.9 Å². The van der Waals surface area contributed by atoms with Gasteiger partial charge in [-0.3, -0.25) is 9.52 Å². The van der Waals surface area contributed by atoms with E-state index in [1.807, 2.05) is 6.07 Å². The molecule has 0 atom stereocenters. The van der Waals surface area contributed by atoms with Crippen molar-refractivity contribution in [3.8, 4) is 0 Å². The molecule has 0 aliphatic heterocycles. The molecule has 3 aromatic rings. The zero-order chi connectivity index (χ0) is 16.0. The lowest BCUT2D eigenvalue weighted by atomic mass is 10.1. The minimum Gasteiger partial charge on any atom is -0.312 e. The zero-order valence-corrected chi connectivity index (χ0v) is 13.8. The lowest BCUT2D eigenvalue weighted by molar-refractivity contribution is 0.601. The minimum atomic E-state index is -3.63.